The summed E-state index contributed by atoms with van der Waals surface area (Å²) in [5, 5.41) is 3.66. The van der Waals surface area contributed by atoms with Crippen LogP contribution in [0.3, 0.4) is 0 Å². The lowest BCUT2D eigenvalue weighted by Gasteiger charge is -2.18. The number of nitrogens with zero attached hydrogens (tertiary/aromatic N) is 2. The van der Waals surface area contributed by atoms with Crippen LogP contribution in [0.1, 0.15) is 31.4 Å². The zero-order chi connectivity index (χ0) is 13.4. The van der Waals surface area contributed by atoms with Gasteiger partial charge >= 0.3 is 0 Å². The standard InChI is InChI=1S/C14H20IN3O/c1-9-12(15)14(19)18(8-17-9)7-6-16-13(10-2-3-10)11-4-5-11/h8,10-11,13,16H,2-7H2,1H3. The van der Waals surface area contributed by atoms with Gasteiger partial charge in [-0.05, 0) is 67.0 Å². The first kappa shape index (κ1) is 13.5. The van der Waals surface area contributed by atoms with Crippen LogP contribution in [-0.2, 0) is 6.54 Å². The van der Waals surface area contributed by atoms with Crippen molar-refractivity contribution in [3.63, 3.8) is 0 Å². The lowest BCUT2D eigenvalue weighted by Crippen LogP contribution is -2.37. The molecule has 2 saturated carbocycles. The van der Waals surface area contributed by atoms with Crippen molar-refractivity contribution in [1.82, 2.24) is 14.9 Å². The molecule has 0 atom stereocenters. The lowest BCUT2D eigenvalue weighted by atomic mass is 10.1. The summed E-state index contributed by atoms with van der Waals surface area (Å²) in [6.07, 6.45) is 7.22. The highest BCUT2D eigenvalue weighted by Gasteiger charge is 2.40. The minimum atomic E-state index is 0.0873. The van der Waals surface area contributed by atoms with E-state index in [1.807, 2.05) is 6.92 Å². The Kier molecular flexibility index (Phi) is 3.93. The van der Waals surface area contributed by atoms with Crippen LogP contribution >= 0.6 is 22.6 Å². The molecule has 0 saturated heterocycles. The molecule has 3 rings (SSSR count). The minimum Gasteiger partial charge on any atom is -0.312 e. The molecule has 1 heterocycles. The van der Waals surface area contributed by atoms with E-state index < -0.39 is 0 Å². The first-order chi connectivity index (χ1) is 9.16. The third-order valence-corrected chi connectivity index (χ3v) is 5.39. The largest absolute Gasteiger partial charge is 0.312 e. The monoisotopic (exact) mass is 373 g/mol. The summed E-state index contributed by atoms with van der Waals surface area (Å²) < 4.78 is 2.46. The molecule has 0 aliphatic heterocycles. The Bertz CT molecular complexity index is 508. The van der Waals surface area contributed by atoms with Crippen molar-refractivity contribution in [2.45, 2.75) is 45.2 Å². The summed E-state index contributed by atoms with van der Waals surface area (Å²) in [6.45, 7) is 3.47. The topological polar surface area (TPSA) is 46.9 Å². The Morgan fingerprint density at radius 3 is 2.63 bits per heavy atom. The van der Waals surface area contributed by atoms with Gasteiger partial charge in [-0.2, -0.15) is 0 Å². The Morgan fingerprint density at radius 2 is 2.05 bits per heavy atom. The van der Waals surface area contributed by atoms with Crippen LogP contribution in [0.2, 0.25) is 0 Å². The van der Waals surface area contributed by atoms with Crippen LogP contribution in [-0.4, -0.2) is 22.1 Å². The van der Waals surface area contributed by atoms with Gasteiger partial charge in [0, 0.05) is 19.1 Å². The number of rotatable bonds is 6. The molecule has 0 spiro atoms. The molecular formula is C14H20IN3O. The molecule has 4 nitrogen and oxygen atoms in total. The second-order valence-electron chi connectivity index (χ2n) is 5.80. The first-order valence-electron chi connectivity index (χ1n) is 7.11. The van der Waals surface area contributed by atoms with Crippen LogP contribution in [0.25, 0.3) is 0 Å². The van der Waals surface area contributed by atoms with Gasteiger partial charge in [0.15, 0.2) is 0 Å². The molecule has 1 aromatic heterocycles. The van der Waals surface area contributed by atoms with E-state index in [2.05, 4.69) is 32.9 Å². The van der Waals surface area contributed by atoms with Crippen molar-refractivity contribution in [2.24, 2.45) is 11.8 Å². The zero-order valence-electron chi connectivity index (χ0n) is 11.2. The number of aryl methyl sites for hydroxylation is 1. The van der Waals surface area contributed by atoms with Gasteiger partial charge in [0.2, 0.25) is 0 Å². The molecule has 2 fully saturated rings. The SMILES string of the molecule is Cc1ncn(CCNC(C2CC2)C2CC2)c(=O)c1I. The molecule has 1 N–H and O–H groups in total. The Labute approximate surface area is 127 Å². The van der Waals surface area contributed by atoms with Gasteiger partial charge in [0.1, 0.15) is 0 Å². The number of nitrogens with one attached hydrogen (secondary N) is 1. The average Bonchev–Trinajstić information content (AvgIpc) is 3.27. The number of hydrogen-bond acceptors (Lipinski definition) is 3. The summed E-state index contributed by atoms with van der Waals surface area (Å²) in [6, 6.07) is 0.702. The fraction of sp³-hybridized carbons (Fsp3) is 0.714. The average molecular weight is 373 g/mol. The fourth-order valence-corrected chi connectivity index (χ4v) is 3.14. The van der Waals surface area contributed by atoms with Crippen molar-refractivity contribution < 1.29 is 0 Å². The van der Waals surface area contributed by atoms with Crippen molar-refractivity contribution in [2.75, 3.05) is 6.54 Å². The molecular weight excluding hydrogens is 353 g/mol. The van der Waals surface area contributed by atoms with Gasteiger partial charge in [-0.1, -0.05) is 0 Å². The Balaban J connectivity index is 1.57. The molecule has 2 aliphatic carbocycles. The van der Waals surface area contributed by atoms with E-state index in [-0.39, 0.29) is 5.56 Å². The van der Waals surface area contributed by atoms with Crippen LogP contribution in [0.15, 0.2) is 11.1 Å². The predicted octanol–water partition coefficient (Wildman–Crippen LogP) is 1.93. The van der Waals surface area contributed by atoms with E-state index in [4.69, 9.17) is 0 Å². The third kappa shape index (κ3) is 3.18. The number of aromatic nitrogens is 2. The molecule has 1 aromatic rings. The fourth-order valence-electron chi connectivity index (χ4n) is 2.69. The van der Waals surface area contributed by atoms with E-state index in [1.165, 1.54) is 25.7 Å². The van der Waals surface area contributed by atoms with Gasteiger partial charge in [0.25, 0.3) is 5.56 Å². The number of halogens is 1. The van der Waals surface area contributed by atoms with Gasteiger partial charge < -0.3 is 5.32 Å². The lowest BCUT2D eigenvalue weighted by molar-refractivity contribution is 0.404. The van der Waals surface area contributed by atoms with Gasteiger partial charge in [-0.3, -0.25) is 9.36 Å². The normalized spacial score (nSPS) is 19.1. The minimum absolute atomic E-state index is 0.0873. The van der Waals surface area contributed by atoms with Crippen molar-refractivity contribution >= 4 is 22.6 Å². The van der Waals surface area contributed by atoms with E-state index in [0.717, 1.165) is 34.2 Å². The smallest absolute Gasteiger partial charge is 0.267 e. The molecule has 0 amide bonds. The van der Waals surface area contributed by atoms with Crippen LogP contribution in [0.5, 0.6) is 0 Å². The van der Waals surface area contributed by atoms with E-state index in [0.29, 0.717) is 6.04 Å². The van der Waals surface area contributed by atoms with E-state index >= 15 is 0 Å². The molecule has 0 unspecified atom stereocenters. The van der Waals surface area contributed by atoms with Gasteiger partial charge in [-0.25, -0.2) is 4.98 Å². The maximum atomic E-state index is 12.0. The second-order valence-corrected chi connectivity index (χ2v) is 6.88. The van der Waals surface area contributed by atoms with Gasteiger partial charge in [-0.15, -0.1) is 0 Å². The van der Waals surface area contributed by atoms with Gasteiger partial charge in [0.05, 0.1) is 15.6 Å². The molecule has 2 aliphatic rings. The Hall–Kier alpha value is -0.430. The third-order valence-electron chi connectivity index (χ3n) is 4.15. The van der Waals surface area contributed by atoms with E-state index in [9.17, 15) is 4.79 Å². The predicted molar refractivity (Wildman–Crippen MR) is 83.2 cm³/mol. The maximum absolute atomic E-state index is 12.0. The molecule has 19 heavy (non-hydrogen) atoms. The molecule has 104 valence electrons. The summed E-state index contributed by atoms with van der Waals surface area (Å²) in [5.41, 5.74) is 0.910. The van der Waals surface area contributed by atoms with Crippen molar-refractivity contribution in [1.29, 1.82) is 0 Å². The van der Waals surface area contributed by atoms with Crippen LogP contribution in [0.4, 0.5) is 0 Å². The van der Waals surface area contributed by atoms with Crippen LogP contribution in [0, 0.1) is 22.3 Å². The zero-order valence-corrected chi connectivity index (χ0v) is 13.4. The molecule has 0 radical (unpaired) electrons. The quantitative estimate of drug-likeness (QED) is 0.776. The van der Waals surface area contributed by atoms with E-state index in [1.54, 1.807) is 10.9 Å². The first-order valence-corrected chi connectivity index (χ1v) is 8.19. The highest BCUT2D eigenvalue weighted by atomic mass is 127. The highest BCUT2D eigenvalue weighted by molar-refractivity contribution is 14.1. The molecule has 0 aromatic carbocycles. The van der Waals surface area contributed by atoms with Crippen LogP contribution < -0.4 is 10.9 Å². The summed E-state index contributed by atoms with van der Waals surface area (Å²) in [7, 11) is 0. The maximum Gasteiger partial charge on any atom is 0.267 e. The number of hydrogen-bond donors (Lipinski definition) is 1. The molecule has 5 heteroatoms. The summed E-state index contributed by atoms with van der Waals surface area (Å²) in [4.78, 5) is 16.3. The Morgan fingerprint density at radius 1 is 1.42 bits per heavy atom. The molecule has 0 bridgehead atoms. The van der Waals surface area contributed by atoms with Crippen molar-refractivity contribution in [3.8, 4) is 0 Å². The summed E-state index contributed by atoms with van der Waals surface area (Å²) >= 11 is 2.08. The highest BCUT2D eigenvalue weighted by Crippen LogP contribution is 2.44. The second kappa shape index (κ2) is 5.52. The van der Waals surface area contributed by atoms with Crippen molar-refractivity contribution in [3.05, 3.63) is 25.9 Å². The summed E-state index contributed by atoms with van der Waals surface area (Å²) in [5.74, 6) is 1.81.